The third-order valence-electron chi connectivity index (χ3n) is 6.77. The summed E-state index contributed by atoms with van der Waals surface area (Å²) in [6.07, 6.45) is 2.75. The zero-order valence-corrected chi connectivity index (χ0v) is 18.6. The number of rotatable bonds is 5. The van der Waals surface area contributed by atoms with Crippen LogP contribution in [0, 0.1) is 5.92 Å². The fourth-order valence-electron chi connectivity index (χ4n) is 4.75. The molecular weight excluding hydrogens is 416 g/mol. The number of aliphatic hydroxyl groups is 1. The molecule has 4 N–H and O–H groups in total. The molecule has 1 fully saturated rings. The number of aliphatic hydroxyl groups excluding tert-OH is 1. The molecule has 3 aromatic rings. The monoisotopic (exact) mass is 446 g/mol. The third kappa shape index (κ3) is 4.49. The van der Waals surface area contributed by atoms with Gasteiger partial charge in [0.1, 0.15) is 5.75 Å². The summed E-state index contributed by atoms with van der Waals surface area (Å²) in [6, 6.07) is 15.2. The zero-order valence-electron chi connectivity index (χ0n) is 18.6. The van der Waals surface area contributed by atoms with Gasteiger partial charge < -0.3 is 25.7 Å². The summed E-state index contributed by atoms with van der Waals surface area (Å²) in [5.74, 6) is 2.39. The van der Waals surface area contributed by atoms with Crippen molar-refractivity contribution in [1.29, 1.82) is 0 Å². The van der Waals surface area contributed by atoms with Crippen molar-refractivity contribution >= 4 is 11.9 Å². The van der Waals surface area contributed by atoms with Crippen LogP contribution in [0.1, 0.15) is 24.0 Å². The van der Waals surface area contributed by atoms with Gasteiger partial charge in [-0.15, -0.1) is 0 Å². The van der Waals surface area contributed by atoms with Gasteiger partial charge in [0.2, 0.25) is 11.9 Å². The maximum Gasteiger partial charge on any atom is 0.231 e. The van der Waals surface area contributed by atoms with E-state index in [1.54, 1.807) is 18.2 Å². The van der Waals surface area contributed by atoms with Crippen LogP contribution in [0.3, 0.4) is 0 Å². The smallest absolute Gasteiger partial charge is 0.231 e. The number of piperidine rings is 1. The highest BCUT2D eigenvalue weighted by Gasteiger charge is 2.29. The molecule has 0 bridgehead atoms. The molecule has 0 radical (unpaired) electrons. The largest absolute Gasteiger partial charge is 0.508 e. The van der Waals surface area contributed by atoms with E-state index in [2.05, 4.69) is 21.9 Å². The average molecular weight is 447 g/mol. The molecule has 33 heavy (non-hydrogen) atoms. The number of anilines is 2. The second-order valence-electron chi connectivity index (χ2n) is 8.91. The minimum Gasteiger partial charge on any atom is -0.508 e. The van der Waals surface area contributed by atoms with Gasteiger partial charge in [-0.2, -0.15) is 15.0 Å². The predicted octanol–water partition coefficient (Wildman–Crippen LogP) is 2.34. The van der Waals surface area contributed by atoms with Crippen LogP contribution >= 0.6 is 0 Å². The molecule has 0 unspecified atom stereocenters. The molecule has 2 aliphatic rings. The van der Waals surface area contributed by atoms with Gasteiger partial charge >= 0.3 is 0 Å². The van der Waals surface area contributed by atoms with Gasteiger partial charge in [-0.1, -0.05) is 36.4 Å². The van der Waals surface area contributed by atoms with Crippen LogP contribution in [-0.4, -0.2) is 57.4 Å². The molecule has 0 aliphatic carbocycles. The van der Waals surface area contributed by atoms with Gasteiger partial charge in [0, 0.05) is 25.2 Å². The third-order valence-corrected chi connectivity index (χ3v) is 6.77. The first kappa shape index (κ1) is 21.6. The van der Waals surface area contributed by atoms with E-state index < -0.39 is 0 Å². The summed E-state index contributed by atoms with van der Waals surface area (Å²) in [7, 11) is 0. The van der Waals surface area contributed by atoms with E-state index >= 15 is 0 Å². The lowest BCUT2D eigenvalue weighted by molar-refractivity contribution is 0.252. The highest BCUT2D eigenvalue weighted by atomic mass is 16.3. The minimum absolute atomic E-state index is 0.0126. The second-order valence-corrected chi connectivity index (χ2v) is 8.91. The molecular formula is C25H30N6O2. The summed E-state index contributed by atoms with van der Waals surface area (Å²) >= 11 is 0. The summed E-state index contributed by atoms with van der Waals surface area (Å²) < 4.78 is 0. The number of hydrogen-bond donors (Lipinski definition) is 3. The van der Waals surface area contributed by atoms with Crippen molar-refractivity contribution in [3.8, 4) is 17.1 Å². The molecule has 172 valence electrons. The Hall–Kier alpha value is -3.23. The van der Waals surface area contributed by atoms with Gasteiger partial charge in [-0.25, -0.2) is 0 Å². The van der Waals surface area contributed by atoms with E-state index in [0.29, 0.717) is 36.7 Å². The Balaban J connectivity index is 1.55. The van der Waals surface area contributed by atoms with Crippen molar-refractivity contribution in [1.82, 2.24) is 15.0 Å². The van der Waals surface area contributed by atoms with E-state index in [0.717, 1.165) is 37.9 Å². The highest BCUT2D eigenvalue weighted by molar-refractivity contribution is 5.61. The molecule has 0 saturated carbocycles. The first-order chi connectivity index (χ1) is 16.1. The number of nitrogens with zero attached hydrogens (tertiary/aromatic N) is 5. The first-order valence-electron chi connectivity index (χ1n) is 11.6. The quantitative estimate of drug-likeness (QED) is 0.548. The number of nitrogens with two attached hydrogens (primary N) is 1. The Kier molecular flexibility index (Phi) is 6.11. The summed E-state index contributed by atoms with van der Waals surface area (Å²) in [5.41, 5.74) is 9.07. The average Bonchev–Trinajstić information content (AvgIpc) is 2.87. The molecule has 1 aromatic heterocycles. The predicted molar refractivity (Wildman–Crippen MR) is 128 cm³/mol. The van der Waals surface area contributed by atoms with Crippen molar-refractivity contribution in [3.63, 3.8) is 0 Å². The van der Waals surface area contributed by atoms with Crippen LogP contribution in [0.5, 0.6) is 5.75 Å². The van der Waals surface area contributed by atoms with Gasteiger partial charge in [-0.3, -0.25) is 0 Å². The van der Waals surface area contributed by atoms with Crippen LogP contribution in [0.25, 0.3) is 11.4 Å². The number of fused-ring (bicyclic) bond motifs is 1. The van der Waals surface area contributed by atoms with E-state index in [1.807, 2.05) is 18.2 Å². The van der Waals surface area contributed by atoms with Crippen LogP contribution in [-0.2, 0) is 13.0 Å². The molecule has 5 rings (SSSR count). The highest BCUT2D eigenvalue weighted by Crippen LogP contribution is 2.30. The normalized spacial score (nSPS) is 18.9. The number of hydrogen-bond acceptors (Lipinski definition) is 8. The van der Waals surface area contributed by atoms with Gasteiger partial charge in [0.05, 0.1) is 12.6 Å². The number of phenolic OH excluding ortho intramolecular Hbond substituents is 1. The molecule has 1 atom stereocenters. The lowest BCUT2D eigenvalue weighted by atomic mass is 9.94. The summed E-state index contributed by atoms with van der Waals surface area (Å²) in [6.45, 7) is 3.03. The maximum atomic E-state index is 10.2. The fourth-order valence-corrected chi connectivity index (χ4v) is 4.75. The van der Waals surface area contributed by atoms with Crippen LogP contribution in [0.2, 0.25) is 0 Å². The van der Waals surface area contributed by atoms with E-state index in [4.69, 9.17) is 20.7 Å². The number of phenols is 1. The minimum atomic E-state index is -0.116. The summed E-state index contributed by atoms with van der Waals surface area (Å²) in [5, 5.41) is 20.2. The lowest BCUT2D eigenvalue weighted by Crippen LogP contribution is -2.44. The molecule has 2 aliphatic heterocycles. The second kappa shape index (κ2) is 9.33. The first-order valence-corrected chi connectivity index (χ1v) is 11.6. The molecule has 8 heteroatoms. The lowest BCUT2D eigenvalue weighted by Gasteiger charge is -2.37. The van der Waals surface area contributed by atoms with E-state index in [1.165, 1.54) is 11.1 Å². The Morgan fingerprint density at radius 2 is 1.70 bits per heavy atom. The number of aromatic hydroxyl groups is 1. The molecule has 2 aromatic carbocycles. The number of benzene rings is 2. The van der Waals surface area contributed by atoms with Crippen molar-refractivity contribution in [2.45, 2.75) is 31.8 Å². The van der Waals surface area contributed by atoms with Crippen molar-refractivity contribution in [2.24, 2.45) is 11.7 Å². The van der Waals surface area contributed by atoms with Crippen molar-refractivity contribution in [2.75, 3.05) is 36.0 Å². The molecule has 0 spiro atoms. The van der Waals surface area contributed by atoms with E-state index in [-0.39, 0.29) is 18.4 Å². The topological polar surface area (TPSA) is 112 Å². The van der Waals surface area contributed by atoms with Crippen LogP contribution in [0.15, 0.2) is 48.5 Å². The van der Waals surface area contributed by atoms with Gasteiger partial charge in [0.15, 0.2) is 5.82 Å². The Morgan fingerprint density at radius 3 is 2.42 bits per heavy atom. The maximum absolute atomic E-state index is 10.2. The van der Waals surface area contributed by atoms with Gasteiger partial charge in [-0.05, 0) is 55.0 Å². The molecule has 1 saturated heterocycles. The number of aromatic nitrogens is 3. The van der Waals surface area contributed by atoms with Crippen molar-refractivity contribution in [3.05, 3.63) is 59.7 Å². The standard InChI is InChI=1S/C25H30N6O2/c26-14-17-8-10-30(11-9-17)24-27-23(19-6-3-7-22(33)13-19)28-25(29-24)31-15-20-5-2-1-4-18(20)12-21(31)16-32/h1-7,13,17,21,32-33H,8-12,14-16,26H2/t21-/m1/s1. The Labute approximate surface area is 193 Å². The van der Waals surface area contributed by atoms with Crippen molar-refractivity contribution < 1.29 is 10.2 Å². The van der Waals surface area contributed by atoms with E-state index in [9.17, 15) is 10.2 Å². The van der Waals surface area contributed by atoms with Crippen LogP contribution < -0.4 is 15.5 Å². The SMILES string of the molecule is NCC1CCN(c2nc(-c3cccc(O)c3)nc(N3Cc4ccccc4C[C@@H]3CO)n2)CC1. The fraction of sp³-hybridized carbons (Fsp3) is 0.400. The molecule has 3 heterocycles. The Bertz CT molecular complexity index is 1120. The van der Waals surface area contributed by atoms with Gasteiger partial charge in [0.25, 0.3) is 0 Å². The Morgan fingerprint density at radius 1 is 0.939 bits per heavy atom. The van der Waals surface area contributed by atoms with Crippen LogP contribution in [0.4, 0.5) is 11.9 Å². The zero-order chi connectivity index (χ0) is 22.8. The summed E-state index contributed by atoms with van der Waals surface area (Å²) in [4.78, 5) is 18.7. The molecule has 0 amide bonds. The molecule has 8 nitrogen and oxygen atoms in total.